The van der Waals surface area contributed by atoms with E-state index in [0.717, 1.165) is 38.1 Å². The zero-order valence-electron chi connectivity index (χ0n) is 12.9. The summed E-state index contributed by atoms with van der Waals surface area (Å²) < 4.78 is 24.7. The molecule has 1 heterocycles. The number of halogens is 2. The van der Waals surface area contributed by atoms with Gasteiger partial charge in [0, 0.05) is 41.4 Å². The molecular formula is C17H18ClFN2O2. The minimum absolute atomic E-state index is 0.0332. The van der Waals surface area contributed by atoms with Crippen LogP contribution in [-0.2, 0) is 11.2 Å². The van der Waals surface area contributed by atoms with Gasteiger partial charge in [0.25, 0.3) is 0 Å². The molecule has 4 nitrogen and oxygen atoms in total. The number of nitrogens with zero attached hydrogens (tertiary/aromatic N) is 2. The van der Waals surface area contributed by atoms with Crippen molar-refractivity contribution in [3.05, 3.63) is 46.3 Å². The molecule has 2 saturated carbocycles. The predicted molar refractivity (Wildman–Crippen MR) is 83.1 cm³/mol. The van der Waals surface area contributed by atoms with Crippen molar-refractivity contribution in [1.82, 2.24) is 10.1 Å². The fourth-order valence-corrected chi connectivity index (χ4v) is 3.64. The molecule has 2 atom stereocenters. The Kier molecular flexibility index (Phi) is 3.65. The van der Waals surface area contributed by atoms with Gasteiger partial charge in [0.2, 0.25) is 5.89 Å². The summed E-state index contributed by atoms with van der Waals surface area (Å²) in [6.45, 7) is 0.730. The Morgan fingerprint density at radius 1 is 1.39 bits per heavy atom. The van der Waals surface area contributed by atoms with Crippen LogP contribution in [0, 0.1) is 11.2 Å². The highest BCUT2D eigenvalue weighted by Crippen LogP contribution is 2.56. The fourth-order valence-electron chi connectivity index (χ4n) is 3.33. The molecular weight excluding hydrogens is 319 g/mol. The summed E-state index contributed by atoms with van der Waals surface area (Å²) in [6.07, 6.45) is 3.86. The van der Waals surface area contributed by atoms with Crippen LogP contribution >= 0.6 is 11.6 Å². The molecule has 0 radical (unpaired) electrons. The van der Waals surface area contributed by atoms with Gasteiger partial charge >= 0.3 is 0 Å². The number of hydrogen-bond donors (Lipinski definition) is 0. The summed E-state index contributed by atoms with van der Waals surface area (Å²) in [4.78, 5) is 4.52. The molecule has 2 aliphatic carbocycles. The molecule has 1 aromatic heterocycles. The van der Waals surface area contributed by atoms with E-state index in [4.69, 9.17) is 20.9 Å². The normalized spacial score (nSPS) is 24.7. The summed E-state index contributed by atoms with van der Waals surface area (Å²) in [6, 6.07) is 4.78. The molecule has 2 aromatic rings. The molecule has 0 amide bonds. The average Bonchev–Trinajstić information content (AvgIpc) is 3.40. The Labute approximate surface area is 139 Å². The van der Waals surface area contributed by atoms with Crippen LogP contribution in [0.2, 0.25) is 5.02 Å². The molecule has 122 valence electrons. The first-order valence-electron chi connectivity index (χ1n) is 7.87. The summed E-state index contributed by atoms with van der Waals surface area (Å²) >= 11 is 6.13. The summed E-state index contributed by atoms with van der Waals surface area (Å²) in [7, 11) is 1.72. The fraction of sp³-hybridized carbons (Fsp3) is 0.529. The van der Waals surface area contributed by atoms with E-state index < -0.39 is 0 Å². The zero-order valence-corrected chi connectivity index (χ0v) is 13.6. The number of methoxy groups -OCH3 is 1. The highest BCUT2D eigenvalue weighted by atomic mass is 35.5. The second kappa shape index (κ2) is 5.56. The molecule has 0 N–H and O–H groups in total. The molecule has 23 heavy (non-hydrogen) atoms. The van der Waals surface area contributed by atoms with E-state index in [2.05, 4.69) is 10.1 Å². The molecule has 2 aliphatic rings. The molecule has 0 spiro atoms. The van der Waals surface area contributed by atoms with Gasteiger partial charge in [-0.25, -0.2) is 4.39 Å². The van der Waals surface area contributed by atoms with Gasteiger partial charge in [-0.3, -0.25) is 0 Å². The van der Waals surface area contributed by atoms with Gasteiger partial charge in [-0.1, -0.05) is 22.8 Å². The first kappa shape index (κ1) is 15.1. The standard InChI is InChI=1S/C17H18ClFN2O2/c1-22-9-17(5-6-17)8-14-20-16(23-21-14)11-7-10(11)15-12(18)3-2-4-13(15)19/h2-4,10-11H,5-9H2,1H3. The van der Waals surface area contributed by atoms with Crippen molar-refractivity contribution in [3.63, 3.8) is 0 Å². The van der Waals surface area contributed by atoms with Crippen molar-refractivity contribution < 1.29 is 13.7 Å². The Morgan fingerprint density at radius 3 is 2.91 bits per heavy atom. The van der Waals surface area contributed by atoms with Gasteiger partial charge in [-0.15, -0.1) is 0 Å². The Hall–Kier alpha value is -1.46. The van der Waals surface area contributed by atoms with E-state index in [9.17, 15) is 4.39 Å². The minimum atomic E-state index is -0.262. The van der Waals surface area contributed by atoms with Gasteiger partial charge in [0.15, 0.2) is 5.82 Å². The number of benzene rings is 1. The van der Waals surface area contributed by atoms with Crippen molar-refractivity contribution in [1.29, 1.82) is 0 Å². The van der Waals surface area contributed by atoms with Gasteiger partial charge in [0.1, 0.15) is 5.82 Å². The third kappa shape index (κ3) is 2.88. The lowest BCUT2D eigenvalue weighted by Crippen LogP contribution is -2.13. The van der Waals surface area contributed by atoms with Crippen molar-refractivity contribution in [2.45, 2.75) is 37.5 Å². The van der Waals surface area contributed by atoms with E-state index in [1.54, 1.807) is 19.2 Å². The van der Waals surface area contributed by atoms with Crippen LogP contribution in [0.3, 0.4) is 0 Å². The highest BCUT2D eigenvalue weighted by Gasteiger charge is 2.47. The zero-order chi connectivity index (χ0) is 16.0. The lowest BCUT2D eigenvalue weighted by atomic mass is 10.0. The minimum Gasteiger partial charge on any atom is -0.384 e. The van der Waals surface area contributed by atoms with Crippen LogP contribution in [-0.4, -0.2) is 23.9 Å². The smallest absolute Gasteiger partial charge is 0.230 e. The number of rotatable bonds is 6. The predicted octanol–water partition coefficient (Wildman–Crippen LogP) is 4.10. The van der Waals surface area contributed by atoms with E-state index in [1.165, 1.54) is 6.07 Å². The van der Waals surface area contributed by atoms with Crippen LogP contribution in [0.15, 0.2) is 22.7 Å². The second-order valence-corrected chi connectivity index (χ2v) is 7.15. The molecule has 0 aliphatic heterocycles. The van der Waals surface area contributed by atoms with E-state index in [-0.39, 0.29) is 23.1 Å². The lowest BCUT2D eigenvalue weighted by molar-refractivity contribution is 0.139. The third-order valence-electron chi connectivity index (χ3n) is 4.90. The highest BCUT2D eigenvalue weighted by molar-refractivity contribution is 6.31. The van der Waals surface area contributed by atoms with E-state index in [1.807, 2.05) is 0 Å². The first-order chi connectivity index (χ1) is 11.1. The monoisotopic (exact) mass is 336 g/mol. The topological polar surface area (TPSA) is 48.2 Å². The summed E-state index contributed by atoms with van der Waals surface area (Å²) in [5.41, 5.74) is 0.755. The van der Waals surface area contributed by atoms with Crippen LogP contribution in [0.25, 0.3) is 0 Å². The largest absolute Gasteiger partial charge is 0.384 e. The van der Waals surface area contributed by atoms with Gasteiger partial charge in [0.05, 0.1) is 6.61 Å². The first-order valence-corrected chi connectivity index (χ1v) is 8.25. The average molecular weight is 337 g/mol. The van der Waals surface area contributed by atoms with Crippen LogP contribution in [0.1, 0.15) is 48.4 Å². The van der Waals surface area contributed by atoms with Crippen LogP contribution in [0.5, 0.6) is 0 Å². The number of hydrogen-bond acceptors (Lipinski definition) is 4. The van der Waals surface area contributed by atoms with Crippen molar-refractivity contribution >= 4 is 11.6 Å². The summed E-state index contributed by atoms with van der Waals surface area (Å²) in [5.74, 6) is 1.16. The van der Waals surface area contributed by atoms with Gasteiger partial charge in [-0.05, 0) is 31.4 Å². The number of aromatic nitrogens is 2. The van der Waals surface area contributed by atoms with Crippen molar-refractivity contribution in [2.75, 3.05) is 13.7 Å². The summed E-state index contributed by atoms with van der Waals surface area (Å²) in [5, 5.41) is 4.56. The van der Waals surface area contributed by atoms with E-state index in [0.29, 0.717) is 16.5 Å². The quantitative estimate of drug-likeness (QED) is 0.796. The second-order valence-electron chi connectivity index (χ2n) is 6.74. The molecule has 4 rings (SSSR count). The molecule has 2 unspecified atom stereocenters. The van der Waals surface area contributed by atoms with Gasteiger partial charge < -0.3 is 9.26 Å². The van der Waals surface area contributed by atoms with Crippen molar-refractivity contribution in [3.8, 4) is 0 Å². The molecule has 6 heteroatoms. The molecule has 2 fully saturated rings. The third-order valence-corrected chi connectivity index (χ3v) is 5.23. The lowest BCUT2D eigenvalue weighted by Gasteiger charge is -2.09. The Balaban J connectivity index is 1.47. The van der Waals surface area contributed by atoms with Crippen LogP contribution < -0.4 is 0 Å². The Morgan fingerprint density at radius 2 is 2.22 bits per heavy atom. The maximum atomic E-state index is 14.0. The maximum Gasteiger partial charge on any atom is 0.230 e. The maximum absolute atomic E-state index is 14.0. The SMILES string of the molecule is COCC1(Cc2noc(C3CC3c3c(F)cccc3Cl)n2)CC1. The van der Waals surface area contributed by atoms with Crippen LogP contribution in [0.4, 0.5) is 4.39 Å². The van der Waals surface area contributed by atoms with Crippen molar-refractivity contribution in [2.24, 2.45) is 5.41 Å². The van der Waals surface area contributed by atoms with Gasteiger partial charge in [-0.2, -0.15) is 4.98 Å². The molecule has 0 bridgehead atoms. The molecule has 1 aromatic carbocycles. The molecule has 0 saturated heterocycles. The van der Waals surface area contributed by atoms with E-state index >= 15 is 0 Å². The number of ether oxygens (including phenoxy) is 1. The Bertz CT molecular complexity index is 709.